The number of carbonyl (C=O) groups excluding carboxylic acids is 2. The smallest absolute Gasteiger partial charge is 0.325 e. The summed E-state index contributed by atoms with van der Waals surface area (Å²) in [5.74, 6) is 0.732. The number of nitrogens with one attached hydrogen (secondary N) is 1. The van der Waals surface area contributed by atoms with Crippen LogP contribution in [0.1, 0.15) is 18.1 Å². The fourth-order valence-corrected chi connectivity index (χ4v) is 2.98. The molecule has 0 aromatic heterocycles. The van der Waals surface area contributed by atoms with Gasteiger partial charge in [0.05, 0.1) is 25.3 Å². The number of hydrogen-bond donors (Lipinski definition) is 1. The van der Waals surface area contributed by atoms with E-state index in [1.165, 1.54) is 0 Å². The highest BCUT2D eigenvalue weighted by Crippen LogP contribution is 2.30. The quantitative estimate of drug-likeness (QED) is 0.794. The minimum absolute atomic E-state index is 0.0935. The zero-order valence-electron chi connectivity index (χ0n) is 15.1. The SMILES string of the molecule is COc1ccccc1OCCN1C(=O)NC(C)(c2cccc(C#N)c2)C1=O. The molecule has 1 atom stereocenters. The molecule has 7 nitrogen and oxygen atoms in total. The molecular weight excluding hydrogens is 346 g/mol. The highest BCUT2D eigenvalue weighted by Gasteiger charge is 2.48. The predicted molar refractivity (Wildman–Crippen MR) is 97.2 cm³/mol. The number of nitriles is 1. The van der Waals surface area contributed by atoms with Crippen molar-refractivity contribution in [3.63, 3.8) is 0 Å². The summed E-state index contributed by atoms with van der Waals surface area (Å²) in [7, 11) is 1.54. The monoisotopic (exact) mass is 365 g/mol. The molecule has 138 valence electrons. The number of amides is 3. The summed E-state index contributed by atoms with van der Waals surface area (Å²) >= 11 is 0. The van der Waals surface area contributed by atoms with Crippen LogP contribution in [0.25, 0.3) is 0 Å². The second kappa shape index (κ2) is 7.38. The Morgan fingerprint density at radius 2 is 1.89 bits per heavy atom. The van der Waals surface area contributed by atoms with Crippen molar-refractivity contribution in [2.24, 2.45) is 0 Å². The van der Waals surface area contributed by atoms with Crippen molar-refractivity contribution in [3.05, 3.63) is 59.7 Å². The fourth-order valence-electron chi connectivity index (χ4n) is 2.98. The lowest BCUT2D eigenvalue weighted by molar-refractivity contribution is -0.131. The van der Waals surface area contributed by atoms with Gasteiger partial charge in [-0.3, -0.25) is 9.69 Å². The van der Waals surface area contributed by atoms with Gasteiger partial charge in [0.15, 0.2) is 11.5 Å². The summed E-state index contributed by atoms with van der Waals surface area (Å²) in [5, 5.41) is 11.8. The highest BCUT2D eigenvalue weighted by atomic mass is 16.5. The molecule has 1 fully saturated rings. The number of ether oxygens (including phenoxy) is 2. The zero-order chi connectivity index (χ0) is 19.4. The predicted octanol–water partition coefficient (Wildman–Crippen LogP) is 2.41. The molecule has 0 aliphatic carbocycles. The van der Waals surface area contributed by atoms with Gasteiger partial charge in [0.2, 0.25) is 0 Å². The maximum absolute atomic E-state index is 12.9. The lowest BCUT2D eigenvalue weighted by Gasteiger charge is -2.22. The molecule has 3 rings (SSSR count). The van der Waals surface area contributed by atoms with Crippen LogP contribution in [0.2, 0.25) is 0 Å². The average molecular weight is 365 g/mol. The molecule has 0 radical (unpaired) electrons. The van der Waals surface area contributed by atoms with Crippen LogP contribution >= 0.6 is 0 Å². The Kier molecular flexibility index (Phi) is 4.99. The Bertz CT molecular complexity index is 921. The van der Waals surface area contributed by atoms with E-state index in [4.69, 9.17) is 14.7 Å². The summed E-state index contributed by atoms with van der Waals surface area (Å²) in [6.07, 6.45) is 0. The number of imide groups is 1. The van der Waals surface area contributed by atoms with Gasteiger partial charge in [-0.15, -0.1) is 0 Å². The maximum atomic E-state index is 12.9. The lowest BCUT2D eigenvalue weighted by Crippen LogP contribution is -2.41. The molecule has 2 aromatic rings. The molecule has 1 saturated heterocycles. The van der Waals surface area contributed by atoms with Crippen molar-refractivity contribution in [3.8, 4) is 17.6 Å². The van der Waals surface area contributed by atoms with Crippen molar-refractivity contribution >= 4 is 11.9 Å². The molecular formula is C20H19N3O4. The third kappa shape index (κ3) is 3.42. The van der Waals surface area contributed by atoms with Crippen molar-refractivity contribution in [1.29, 1.82) is 5.26 Å². The highest BCUT2D eigenvalue weighted by molar-refractivity contribution is 6.07. The van der Waals surface area contributed by atoms with E-state index in [-0.39, 0.29) is 19.1 Å². The summed E-state index contributed by atoms with van der Waals surface area (Å²) in [6.45, 7) is 1.86. The molecule has 1 aliphatic heterocycles. The number of urea groups is 1. The van der Waals surface area contributed by atoms with Crippen LogP contribution in [0.15, 0.2) is 48.5 Å². The topological polar surface area (TPSA) is 91.7 Å². The Balaban J connectivity index is 1.71. The summed E-state index contributed by atoms with van der Waals surface area (Å²) in [5.41, 5.74) is -0.226. The molecule has 1 N–H and O–H groups in total. The zero-order valence-corrected chi connectivity index (χ0v) is 15.1. The molecule has 0 saturated carbocycles. The number of hydrogen-bond acceptors (Lipinski definition) is 5. The van der Waals surface area contributed by atoms with E-state index in [0.29, 0.717) is 22.6 Å². The molecule has 2 aromatic carbocycles. The van der Waals surface area contributed by atoms with E-state index in [0.717, 1.165) is 4.90 Å². The van der Waals surface area contributed by atoms with Crippen molar-refractivity contribution < 1.29 is 19.1 Å². The largest absolute Gasteiger partial charge is 0.493 e. The standard InChI is InChI=1S/C20H19N3O4/c1-20(15-7-5-6-14(12-15)13-21)18(24)23(19(25)22-20)10-11-27-17-9-4-3-8-16(17)26-2/h3-9,12H,10-11H2,1-2H3,(H,22,25). The fraction of sp³-hybridized carbons (Fsp3) is 0.250. The maximum Gasteiger partial charge on any atom is 0.325 e. The second-order valence-electron chi connectivity index (χ2n) is 6.20. The first kappa shape index (κ1) is 18.3. The van der Waals surface area contributed by atoms with Gasteiger partial charge in [0.25, 0.3) is 5.91 Å². The minimum Gasteiger partial charge on any atom is -0.493 e. The van der Waals surface area contributed by atoms with Gasteiger partial charge in [-0.05, 0) is 36.8 Å². The van der Waals surface area contributed by atoms with Crippen LogP contribution < -0.4 is 14.8 Å². The summed E-state index contributed by atoms with van der Waals surface area (Å²) in [6, 6.07) is 15.4. The summed E-state index contributed by atoms with van der Waals surface area (Å²) in [4.78, 5) is 26.3. The van der Waals surface area contributed by atoms with Gasteiger partial charge in [0.1, 0.15) is 12.1 Å². The van der Waals surface area contributed by atoms with Gasteiger partial charge >= 0.3 is 6.03 Å². The van der Waals surface area contributed by atoms with Crippen LogP contribution in [-0.2, 0) is 10.3 Å². The Labute approximate surface area is 157 Å². The van der Waals surface area contributed by atoms with Crippen LogP contribution in [-0.4, -0.2) is 37.1 Å². The van der Waals surface area contributed by atoms with E-state index < -0.39 is 11.6 Å². The first-order chi connectivity index (χ1) is 13.0. The van der Waals surface area contributed by atoms with Gasteiger partial charge in [0, 0.05) is 0 Å². The minimum atomic E-state index is -1.21. The molecule has 0 spiro atoms. The molecule has 7 heteroatoms. The number of para-hydroxylation sites is 2. The Morgan fingerprint density at radius 3 is 2.59 bits per heavy atom. The van der Waals surface area contributed by atoms with Crippen LogP contribution in [0.5, 0.6) is 11.5 Å². The van der Waals surface area contributed by atoms with Crippen LogP contribution in [0.3, 0.4) is 0 Å². The third-order valence-corrected chi connectivity index (χ3v) is 4.49. The number of carbonyl (C=O) groups is 2. The van der Waals surface area contributed by atoms with Gasteiger partial charge < -0.3 is 14.8 Å². The normalized spacial score (nSPS) is 18.8. The lowest BCUT2D eigenvalue weighted by atomic mass is 9.91. The third-order valence-electron chi connectivity index (χ3n) is 4.49. The van der Waals surface area contributed by atoms with Crippen LogP contribution in [0, 0.1) is 11.3 Å². The molecule has 1 aliphatic rings. The van der Waals surface area contributed by atoms with E-state index in [9.17, 15) is 9.59 Å². The molecule has 1 heterocycles. The van der Waals surface area contributed by atoms with Gasteiger partial charge in [-0.2, -0.15) is 5.26 Å². The number of methoxy groups -OCH3 is 1. The van der Waals surface area contributed by atoms with E-state index in [1.54, 1.807) is 50.4 Å². The van der Waals surface area contributed by atoms with Crippen molar-refractivity contribution in [2.45, 2.75) is 12.5 Å². The molecule has 27 heavy (non-hydrogen) atoms. The first-order valence-corrected chi connectivity index (χ1v) is 8.40. The van der Waals surface area contributed by atoms with Crippen molar-refractivity contribution in [2.75, 3.05) is 20.3 Å². The first-order valence-electron chi connectivity index (χ1n) is 8.40. The molecule has 0 bridgehead atoms. The van der Waals surface area contributed by atoms with E-state index in [1.807, 2.05) is 18.2 Å². The average Bonchev–Trinajstić information content (AvgIpc) is 2.92. The Morgan fingerprint density at radius 1 is 1.15 bits per heavy atom. The van der Waals surface area contributed by atoms with E-state index in [2.05, 4.69) is 5.32 Å². The van der Waals surface area contributed by atoms with E-state index >= 15 is 0 Å². The second-order valence-corrected chi connectivity index (χ2v) is 6.20. The number of nitrogens with zero attached hydrogens (tertiary/aromatic N) is 2. The summed E-state index contributed by atoms with van der Waals surface area (Å²) < 4.78 is 10.9. The van der Waals surface area contributed by atoms with Crippen molar-refractivity contribution in [1.82, 2.24) is 10.2 Å². The number of benzene rings is 2. The van der Waals surface area contributed by atoms with Gasteiger partial charge in [-0.1, -0.05) is 24.3 Å². The molecule has 3 amide bonds. The Hall–Kier alpha value is -3.53. The number of rotatable bonds is 6. The van der Waals surface area contributed by atoms with Gasteiger partial charge in [-0.25, -0.2) is 4.79 Å². The van der Waals surface area contributed by atoms with Crippen LogP contribution in [0.4, 0.5) is 4.79 Å². The molecule has 1 unspecified atom stereocenters.